The standard InChI is InChI=1S/C19H21FN2O2/c1-2-22(14-15-8-4-3-5-9-15)19(24)12-18(23)21-13-16-10-6-7-11-17(16)20/h3-11H,2,12-14H2,1H3,(H,21,23). The molecular formula is C19H21FN2O2. The van der Waals surface area contributed by atoms with Crippen molar-refractivity contribution in [1.29, 1.82) is 0 Å². The molecule has 0 saturated heterocycles. The monoisotopic (exact) mass is 328 g/mol. The number of benzene rings is 2. The van der Waals surface area contributed by atoms with Crippen LogP contribution in [-0.2, 0) is 22.7 Å². The van der Waals surface area contributed by atoms with Crippen LogP contribution >= 0.6 is 0 Å². The molecule has 0 unspecified atom stereocenters. The van der Waals surface area contributed by atoms with Gasteiger partial charge >= 0.3 is 0 Å². The highest BCUT2D eigenvalue weighted by atomic mass is 19.1. The Morgan fingerprint density at radius 2 is 1.71 bits per heavy atom. The molecule has 0 saturated carbocycles. The average molecular weight is 328 g/mol. The first-order valence-corrected chi connectivity index (χ1v) is 7.92. The molecule has 4 nitrogen and oxygen atoms in total. The van der Waals surface area contributed by atoms with Crippen LogP contribution in [0.25, 0.3) is 0 Å². The summed E-state index contributed by atoms with van der Waals surface area (Å²) in [6, 6.07) is 15.8. The first kappa shape index (κ1) is 17.7. The van der Waals surface area contributed by atoms with E-state index in [1.165, 1.54) is 6.07 Å². The van der Waals surface area contributed by atoms with E-state index < -0.39 is 5.91 Å². The van der Waals surface area contributed by atoms with E-state index in [1.54, 1.807) is 23.1 Å². The Labute approximate surface area is 141 Å². The number of amides is 2. The molecule has 5 heteroatoms. The molecule has 0 aliphatic carbocycles. The average Bonchev–Trinajstić information content (AvgIpc) is 2.59. The van der Waals surface area contributed by atoms with Gasteiger partial charge in [-0.3, -0.25) is 9.59 Å². The quantitative estimate of drug-likeness (QED) is 0.795. The molecule has 0 spiro atoms. The highest BCUT2D eigenvalue weighted by Crippen LogP contribution is 2.07. The minimum Gasteiger partial charge on any atom is -0.351 e. The van der Waals surface area contributed by atoms with Gasteiger partial charge in [-0.2, -0.15) is 0 Å². The summed E-state index contributed by atoms with van der Waals surface area (Å²) in [5, 5.41) is 2.59. The van der Waals surface area contributed by atoms with Crippen LogP contribution in [0.1, 0.15) is 24.5 Å². The summed E-state index contributed by atoms with van der Waals surface area (Å²) < 4.78 is 13.5. The van der Waals surface area contributed by atoms with Gasteiger partial charge in [-0.05, 0) is 18.6 Å². The van der Waals surface area contributed by atoms with Gasteiger partial charge in [-0.25, -0.2) is 4.39 Å². The maximum absolute atomic E-state index is 13.5. The predicted molar refractivity (Wildman–Crippen MR) is 90.4 cm³/mol. The van der Waals surface area contributed by atoms with E-state index in [4.69, 9.17) is 0 Å². The van der Waals surface area contributed by atoms with Crippen LogP contribution in [0.3, 0.4) is 0 Å². The molecule has 2 rings (SSSR count). The largest absolute Gasteiger partial charge is 0.351 e. The van der Waals surface area contributed by atoms with Gasteiger partial charge in [0.1, 0.15) is 12.2 Å². The van der Waals surface area contributed by atoms with Crippen LogP contribution in [0.4, 0.5) is 4.39 Å². The molecule has 2 aromatic rings. The van der Waals surface area contributed by atoms with Gasteiger partial charge < -0.3 is 10.2 Å². The van der Waals surface area contributed by atoms with E-state index in [2.05, 4.69) is 5.32 Å². The molecule has 0 aliphatic rings. The van der Waals surface area contributed by atoms with Gasteiger partial charge in [0.05, 0.1) is 0 Å². The second-order valence-electron chi connectivity index (χ2n) is 5.44. The molecule has 24 heavy (non-hydrogen) atoms. The van der Waals surface area contributed by atoms with Crippen LogP contribution in [0.2, 0.25) is 0 Å². The number of hydrogen-bond donors (Lipinski definition) is 1. The number of rotatable bonds is 7. The van der Waals surface area contributed by atoms with Crippen molar-refractivity contribution in [3.63, 3.8) is 0 Å². The van der Waals surface area contributed by atoms with Gasteiger partial charge in [0, 0.05) is 25.2 Å². The highest BCUT2D eigenvalue weighted by Gasteiger charge is 2.16. The van der Waals surface area contributed by atoms with Crippen LogP contribution in [-0.4, -0.2) is 23.3 Å². The molecule has 126 valence electrons. The normalized spacial score (nSPS) is 10.2. The summed E-state index contributed by atoms with van der Waals surface area (Å²) in [6.45, 7) is 2.94. The molecule has 2 aromatic carbocycles. The van der Waals surface area contributed by atoms with E-state index in [0.717, 1.165) is 5.56 Å². The zero-order chi connectivity index (χ0) is 17.4. The molecule has 0 atom stereocenters. The van der Waals surface area contributed by atoms with Crippen molar-refractivity contribution in [3.8, 4) is 0 Å². The highest BCUT2D eigenvalue weighted by molar-refractivity contribution is 5.96. The summed E-state index contributed by atoms with van der Waals surface area (Å²) in [5.41, 5.74) is 1.41. The van der Waals surface area contributed by atoms with Crippen molar-refractivity contribution in [2.45, 2.75) is 26.4 Å². The van der Waals surface area contributed by atoms with Gasteiger partial charge in [0.2, 0.25) is 11.8 Å². The SMILES string of the molecule is CCN(Cc1ccccc1)C(=O)CC(=O)NCc1ccccc1F. The van der Waals surface area contributed by atoms with Crippen LogP contribution in [0, 0.1) is 5.82 Å². The Morgan fingerprint density at radius 3 is 2.38 bits per heavy atom. The van der Waals surface area contributed by atoms with Crippen molar-refractivity contribution < 1.29 is 14.0 Å². The molecule has 0 aliphatic heterocycles. The Morgan fingerprint density at radius 1 is 1.04 bits per heavy atom. The molecule has 0 bridgehead atoms. The number of carbonyl (C=O) groups is 2. The second-order valence-corrected chi connectivity index (χ2v) is 5.44. The van der Waals surface area contributed by atoms with Gasteiger partial charge in [0.25, 0.3) is 0 Å². The fourth-order valence-electron chi connectivity index (χ4n) is 2.33. The summed E-state index contributed by atoms with van der Waals surface area (Å²) in [6.07, 6.45) is -0.241. The summed E-state index contributed by atoms with van der Waals surface area (Å²) in [7, 11) is 0. The lowest BCUT2D eigenvalue weighted by Gasteiger charge is -2.20. The third-order valence-corrected chi connectivity index (χ3v) is 3.70. The lowest BCUT2D eigenvalue weighted by Crippen LogP contribution is -2.35. The molecule has 0 fully saturated rings. The third-order valence-electron chi connectivity index (χ3n) is 3.70. The van der Waals surface area contributed by atoms with Gasteiger partial charge in [0.15, 0.2) is 0 Å². The Balaban J connectivity index is 1.85. The second kappa shape index (κ2) is 8.82. The number of hydrogen-bond acceptors (Lipinski definition) is 2. The summed E-state index contributed by atoms with van der Waals surface area (Å²) in [5.74, 6) is -1.02. The Bertz CT molecular complexity index is 689. The minimum atomic E-state index is -0.408. The Kier molecular flexibility index (Phi) is 6.49. The fourth-order valence-corrected chi connectivity index (χ4v) is 2.33. The van der Waals surface area contributed by atoms with E-state index in [1.807, 2.05) is 37.3 Å². The molecule has 1 N–H and O–H groups in total. The number of halogens is 1. The van der Waals surface area contributed by atoms with Crippen molar-refractivity contribution in [2.24, 2.45) is 0 Å². The molecule has 0 radical (unpaired) electrons. The molecule has 0 heterocycles. The predicted octanol–water partition coefficient (Wildman–Crippen LogP) is 2.88. The van der Waals surface area contributed by atoms with E-state index >= 15 is 0 Å². The van der Waals surface area contributed by atoms with E-state index in [0.29, 0.717) is 18.7 Å². The van der Waals surface area contributed by atoms with Gasteiger partial charge in [-0.15, -0.1) is 0 Å². The zero-order valence-electron chi connectivity index (χ0n) is 13.7. The van der Waals surface area contributed by atoms with Crippen molar-refractivity contribution in [3.05, 3.63) is 71.5 Å². The van der Waals surface area contributed by atoms with Crippen molar-refractivity contribution in [2.75, 3.05) is 6.54 Å². The topological polar surface area (TPSA) is 49.4 Å². The fraction of sp³-hybridized carbons (Fsp3) is 0.263. The maximum Gasteiger partial charge on any atom is 0.232 e. The van der Waals surface area contributed by atoms with Crippen LogP contribution in [0.5, 0.6) is 0 Å². The molecular weight excluding hydrogens is 307 g/mol. The first-order chi connectivity index (χ1) is 11.6. The van der Waals surface area contributed by atoms with Gasteiger partial charge in [-0.1, -0.05) is 48.5 Å². The first-order valence-electron chi connectivity index (χ1n) is 7.92. The lowest BCUT2D eigenvalue weighted by atomic mass is 10.2. The molecule has 0 aromatic heterocycles. The summed E-state index contributed by atoms with van der Waals surface area (Å²) in [4.78, 5) is 25.8. The molecule has 2 amide bonds. The Hall–Kier alpha value is -2.69. The van der Waals surface area contributed by atoms with Crippen LogP contribution in [0.15, 0.2) is 54.6 Å². The van der Waals surface area contributed by atoms with Crippen LogP contribution < -0.4 is 5.32 Å². The number of nitrogens with zero attached hydrogens (tertiary/aromatic N) is 1. The van der Waals surface area contributed by atoms with E-state index in [9.17, 15) is 14.0 Å². The van der Waals surface area contributed by atoms with E-state index in [-0.39, 0.29) is 24.7 Å². The minimum absolute atomic E-state index is 0.0730. The smallest absolute Gasteiger partial charge is 0.232 e. The zero-order valence-corrected chi connectivity index (χ0v) is 13.7. The third kappa shape index (κ3) is 5.19. The van der Waals surface area contributed by atoms with Crippen molar-refractivity contribution in [1.82, 2.24) is 10.2 Å². The number of nitrogens with one attached hydrogen (secondary N) is 1. The number of carbonyl (C=O) groups excluding carboxylic acids is 2. The lowest BCUT2D eigenvalue weighted by molar-refractivity contribution is -0.136. The van der Waals surface area contributed by atoms with Crippen molar-refractivity contribution >= 4 is 11.8 Å². The summed E-state index contributed by atoms with van der Waals surface area (Å²) >= 11 is 0. The maximum atomic E-state index is 13.5.